The Morgan fingerprint density at radius 2 is 1.89 bits per heavy atom. The van der Waals surface area contributed by atoms with Crippen LogP contribution in [0.5, 0.6) is 5.75 Å². The number of carbonyl (C=O) groups excluding carboxylic acids is 1. The second-order valence-corrected chi connectivity index (χ2v) is 7.03. The molecule has 6 heteroatoms. The van der Waals surface area contributed by atoms with Crippen LogP contribution in [0.3, 0.4) is 0 Å². The molecule has 0 bridgehead atoms. The first kappa shape index (κ1) is 19.1. The number of amides is 1. The summed E-state index contributed by atoms with van der Waals surface area (Å²) in [6.45, 7) is 4.57. The van der Waals surface area contributed by atoms with Gasteiger partial charge in [0.15, 0.2) is 11.4 Å². The number of hydrogen-bond acceptors (Lipinski definition) is 4. The first-order chi connectivity index (χ1) is 13.0. The van der Waals surface area contributed by atoms with Crippen molar-refractivity contribution in [2.24, 2.45) is 0 Å². The highest BCUT2D eigenvalue weighted by atomic mass is 16.5. The molecule has 0 unspecified atom stereocenters. The van der Waals surface area contributed by atoms with Crippen molar-refractivity contribution in [1.82, 2.24) is 14.7 Å². The SMILES string of the molecule is CCN(C(=O)c1nn(-c2ccc(C)cc2)c(=O)cc1OC)C1CCCCC1. The van der Waals surface area contributed by atoms with Gasteiger partial charge in [0.1, 0.15) is 0 Å². The van der Waals surface area contributed by atoms with Gasteiger partial charge in [-0.15, -0.1) is 0 Å². The lowest BCUT2D eigenvalue weighted by molar-refractivity contribution is 0.0636. The second-order valence-electron chi connectivity index (χ2n) is 7.03. The van der Waals surface area contributed by atoms with Crippen LogP contribution in [0.1, 0.15) is 55.1 Å². The number of aryl methyl sites for hydroxylation is 1. The Morgan fingerprint density at radius 3 is 2.48 bits per heavy atom. The summed E-state index contributed by atoms with van der Waals surface area (Å²) < 4.78 is 6.58. The Kier molecular flexibility index (Phi) is 5.94. The van der Waals surface area contributed by atoms with Crippen LogP contribution in [-0.2, 0) is 0 Å². The van der Waals surface area contributed by atoms with Crippen LogP contribution < -0.4 is 10.3 Å². The highest BCUT2D eigenvalue weighted by Gasteiger charge is 2.29. The van der Waals surface area contributed by atoms with Crippen LogP contribution in [0.4, 0.5) is 0 Å². The van der Waals surface area contributed by atoms with Gasteiger partial charge in [-0.3, -0.25) is 9.59 Å². The smallest absolute Gasteiger partial charge is 0.278 e. The molecule has 0 spiro atoms. The molecular weight excluding hydrogens is 342 g/mol. The molecule has 1 aliphatic carbocycles. The van der Waals surface area contributed by atoms with Crippen LogP contribution in [0.15, 0.2) is 35.1 Å². The van der Waals surface area contributed by atoms with Gasteiger partial charge in [-0.1, -0.05) is 37.0 Å². The van der Waals surface area contributed by atoms with Gasteiger partial charge in [0, 0.05) is 12.6 Å². The predicted octanol–water partition coefficient (Wildman–Crippen LogP) is 3.34. The highest BCUT2D eigenvalue weighted by Crippen LogP contribution is 2.25. The number of ether oxygens (including phenoxy) is 1. The lowest BCUT2D eigenvalue weighted by atomic mass is 9.94. The maximum absolute atomic E-state index is 13.3. The maximum Gasteiger partial charge on any atom is 0.278 e. The van der Waals surface area contributed by atoms with E-state index >= 15 is 0 Å². The molecule has 1 saturated carbocycles. The van der Waals surface area contributed by atoms with Crippen LogP contribution in [0, 0.1) is 6.92 Å². The van der Waals surface area contributed by atoms with Crippen molar-refractivity contribution in [2.45, 2.75) is 52.0 Å². The van der Waals surface area contributed by atoms with Gasteiger partial charge in [-0.25, -0.2) is 0 Å². The zero-order chi connectivity index (χ0) is 19.4. The zero-order valence-electron chi connectivity index (χ0n) is 16.3. The van der Waals surface area contributed by atoms with Gasteiger partial charge >= 0.3 is 0 Å². The van der Waals surface area contributed by atoms with E-state index in [0.717, 1.165) is 31.2 Å². The monoisotopic (exact) mass is 369 g/mol. The lowest BCUT2D eigenvalue weighted by Gasteiger charge is -2.33. The van der Waals surface area contributed by atoms with Gasteiger partial charge in [0.2, 0.25) is 0 Å². The third-order valence-electron chi connectivity index (χ3n) is 5.21. The Bertz CT molecular complexity index is 852. The number of hydrogen-bond donors (Lipinski definition) is 0. The van der Waals surface area contributed by atoms with Crippen LogP contribution in [-0.4, -0.2) is 40.3 Å². The molecule has 1 heterocycles. The van der Waals surface area contributed by atoms with E-state index in [0.29, 0.717) is 12.2 Å². The molecule has 0 aliphatic heterocycles. The molecule has 0 N–H and O–H groups in total. The summed E-state index contributed by atoms with van der Waals surface area (Å²) in [5.74, 6) is 0.0460. The maximum atomic E-state index is 13.3. The van der Waals surface area contributed by atoms with E-state index in [4.69, 9.17) is 4.74 Å². The van der Waals surface area contributed by atoms with Gasteiger partial charge < -0.3 is 9.64 Å². The van der Waals surface area contributed by atoms with Crippen molar-refractivity contribution in [1.29, 1.82) is 0 Å². The number of rotatable bonds is 5. The molecule has 0 radical (unpaired) electrons. The molecule has 6 nitrogen and oxygen atoms in total. The van der Waals surface area contributed by atoms with E-state index in [2.05, 4.69) is 5.10 Å². The summed E-state index contributed by atoms with van der Waals surface area (Å²) in [6.07, 6.45) is 5.53. The predicted molar refractivity (Wildman–Crippen MR) is 105 cm³/mol. The Balaban J connectivity index is 2.02. The second kappa shape index (κ2) is 8.37. The molecule has 0 saturated heterocycles. The van der Waals surface area contributed by atoms with Crippen LogP contribution in [0.25, 0.3) is 5.69 Å². The third kappa shape index (κ3) is 4.04. The molecule has 2 aromatic rings. The molecule has 0 atom stereocenters. The summed E-state index contributed by atoms with van der Waals surface area (Å²) in [7, 11) is 1.46. The van der Waals surface area contributed by atoms with E-state index in [1.165, 1.54) is 24.3 Å². The molecule has 27 heavy (non-hydrogen) atoms. The fraction of sp³-hybridized carbons (Fsp3) is 0.476. The zero-order valence-corrected chi connectivity index (χ0v) is 16.3. The van der Waals surface area contributed by atoms with Crippen molar-refractivity contribution in [2.75, 3.05) is 13.7 Å². The molecule has 1 amide bonds. The van der Waals surface area contributed by atoms with E-state index in [1.54, 1.807) is 0 Å². The van der Waals surface area contributed by atoms with Crippen LogP contribution >= 0.6 is 0 Å². The molecule has 1 fully saturated rings. The van der Waals surface area contributed by atoms with Crippen molar-refractivity contribution < 1.29 is 9.53 Å². The summed E-state index contributed by atoms with van der Waals surface area (Å²) in [6, 6.07) is 9.04. The minimum absolute atomic E-state index is 0.179. The molecular formula is C21H27N3O3. The van der Waals surface area contributed by atoms with E-state index in [1.807, 2.05) is 43.0 Å². The summed E-state index contributed by atoms with van der Waals surface area (Å²) in [5, 5.41) is 4.39. The number of aromatic nitrogens is 2. The highest BCUT2D eigenvalue weighted by molar-refractivity contribution is 5.95. The van der Waals surface area contributed by atoms with Crippen molar-refractivity contribution in [3.8, 4) is 11.4 Å². The van der Waals surface area contributed by atoms with E-state index in [-0.39, 0.29) is 29.0 Å². The number of methoxy groups -OCH3 is 1. The van der Waals surface area contributed by atoms with E-state index < -0.39 is 0 Å². The topological polar surface area (TPSA) is 64.4 Å². The van der Waals surface area contributed by atoms with Crippen LogP contribution in [0.2, 0.25) is 0 Å². The lowest BCUT2D eigenvalue weighted by Crippen LogP contribution is -2.42. The molecule has 1 aromatic heterocycles. The first-order valence-electron chi connectivity index (χ1n) is 9.61. The molecule has 1 aliphatic rings. The largest absolute Gasteiger partial charge is 0.494 e. The first-order valence-corrected chi connectivity index (χ1v) is 9.61. The number of benzene rings is 1. The average Bonchev–Trinajstić information content (AvgIpc) is 2.70. The van der Waals surface area contributed by atoms with Gasteiger partial charge in [-0.05, 0) is 38.8 Å². The quantitative estimate of drug-likeness (QED) is 0.811. The minimum Gasteiger partial charge on any atom is -0.494 e. The van der Waals surface area contributed by atoms with E-state index in [9.17, 15) is 9.59 Å². The Labute approximate surface area is 159 Å². The van der Waals surface area contributed by atoms with Crippen molar-refractivity contribution in [3.05, 3.63) is 51.9 Å². The van der Waals surface area contributed by atoms with Crippen molar-refractivity contribution >= 4 is 5.91 Å². The molecule has 3 rings (SSSR count). The summed E-state index contributed by atoms with van der Waals surface area (Å²) in [4.78, 5) is 27.6. The third-order valence-corrected chi connectivity index (χ3v) is 5.21. The van der Waals surface area contributed by atoms with Gasteiger partial charge in [0.25, 0.3) is 11.5 Å². The average molecular weight is 369 g/mol. The van der Waals surface area contributed by atoms with Gasteiger partial charge in [-0.2, -0.15) is 9.78 Å². The molecule has 1 aromatic carbocycles. The normalized spacial score (nSPS) is 14.8. The van der Waals surface area contributed by atoms with Gasteiger partial charge in [0.05, 0.1) is 18.9 Å². The standard InChI is InChI=1S/C21H27N3O3/c1-4-23(16-8-6-5-7-9-16)21(26)20-18(27-3)14-19(25)24(22-20)17-12-10-15(2)11-13-17/h10-14,16H,4-9H2,1-3H3. The van der Waals surface area contributed by atoms with Crippen molar-refractivity contribution in [3.63, 3.8) is 0 Å². The summed E-state index contributed by atoms with van der Waals surface area (Å²) in [5.41, 5.74) is 1.58. The summed E-state index contributed by atoms with van der Waals surface area (Å²) >= 11 is 0. The molecule has 144 valence electrons. The Hall–Kier alpha value is -2.63. The fourth-order valence-electron chi connectivity index (χ4n) is 3.71. The Morgan fingerprint density at radius 1 is 1.22 bits per heavy atom. The fourth-order valence-corrected chi connectivity index (χ4v) is 3.71. The number of nitrogens with zero attached hydrogens (tertiary/aromatic N) is 3. The number of carbonyl (C=O) groups is 1. The minimum atomic E-state index is -0.326.